The summed E-state index contributed by atoms with van der Waals surface area (Å²) >= 11 is 3.23. The summed E-state index contributed by atoms with van der Waals surface area (Å²) in [4.78, 5) is 20.5. The van der Waals surface area contributed by atoms with E-state index in [2.05, 4.69) is 28.3 Å². The van der Waals surface area contributed by atoms with Crippen LogP contribution in [0.5, 0.6) is 0 Å². The van der Waals surface area contributed by atoms with Gasteiger partial charge < -0.3 is 4.90 Å². The van der Waals surface area contributed by atoms with E-state index in [1.165, 1.54) is 35.9 Å². The lowest BCUT2D eigenvalue weighted by molar-refractivity contribution is -0.113. The minimum absolute atomic E-state index is 0.102. The summed E-state index contributed by atoms with van der Waals surface area (Å²) in [6.45, 7) is 2.05. The number of amides is 1. The lowest BCUT2D eigenvalue weighted by Gasteiger charge is -2.27. The van der Waals surface area contributed by atoms with Crippen LogP contribution in [0.1, 0.15) is 24.8 Å². The Morgan fingerprint density at radius 3 is 2.57 bits per heavy atom. The number of piperidine rings is 1. The number of hydrogen-bond acceptors (Lipinski definition) is 4. The first-order valence-electron chi connectivity index (χ1n) is 7.18. The van der Waals surface area contributed by atoms with Crippen molar-refractivity contribution in [1.82, 2.24) is 4.90 Å². The van der Waals surface area contributed by atoms with Gasteiger partial charge in [0.2, 0.25) is 0 Å². The average molecular weight is 318 g/mol. The summed E-state index contributed by atoms with van der Waals surface area (Å²) in [7, 11) is 0. The molecule has 0 bridgehead atoms. The van der Waals surface area contributed by atoms with Crippen molar-refractivity contribution >= 4 is 40.7 Å². The molecule has 21 heavy (non-hydrogen) atoms. The summed E-state index contributed by atoms with van der Waals surface area (Å²) in [6, 6.07) is 8.25. The maximum Gasteiger partial charge on any atom is 0.286 e. The fourth-order valence-electron chi connectivity index (χ4n) is 2.47. The maximum atomic E-state index is 12.0. The number of amidine groups is 1. The van der Waals surface area contributed by atoms with Gasteiger partial charge in [-0.15, -0.1) is 11.8 Å². The van der Waals surface area contributed by atoms with Gasteiger partial charge in [0.05, 0.1) is 4.91 Å². The second kappa shape index (κ2) is 6.71. The fraction of sp³-hybridized carbons (Fsp3) is 0.375. The second-order valence-electron chi connectivity index (χ2n) is 5.13. The van der Waals surface area contributed by atoms with Crippen LogP contribution in [0.15, 0.2) is 39.1 Å². The van der Waals surface area contributed by atoms with E-state index >= 15 is 0 Å². The number of benzene rings is 1. The van der Waals surface area contributed by atoms with Crippen LogP contribution in [0.4, 0.5) is 0 Å². The Hall–Kier alpha value is -1.20. The quantitative estimate of drug-likeness (QED) is 0.612. The molecule has 1 amide bonds. The van der Waals surface area contributed by atoms with E-state index in [1.807, 2.05) is 18.2 Å². The summed E-state index contributed by atoms with van der Waals surface area (Å²) in [5, 5.41) is 0.881. The highest BCUT2D eigenvalue weighted by Crippen LogP contribution is 2.31. The average Bonchev–Trinajstić information content (AvgIpc) is 2.90. The van der Waals surface area contributed by atoms with E-state index in [0.29, 0.717) is 0 Å². The molecule has 2 aliphatic heterocycles. The molecule has 0 unspecified atom stereocenters. The van der Waals surface area contributed by atoms with Crippen LogP contribution in [-0.4, -0.2) is 35.3 Å². The molecule has 1 aromatic rings. The molecule has 0 atom stereocenters. The van der Waals surface area contributed by atoms with Crippen LogP contribution in [0, 0.1) is 0 Å². The molecule has 2 heterocycles. The molecule has 2 aliphatic rings. The van der Waals surface area contributed by atoms with E-state index in [4.69, 9.17) is 0 Å². The Morgan fingerprint density at radius 1 is 1.19 bits per heavy atom. The predicted molar refractivity (Wildman–Crippen MR) is 91.7 cm³/mol. The molecule has 110 valence electrons. The minimum atomic E-state index is -0.102. The van der Waals surface area contributed by atoms with Gasteiger partial charge in [-0.1, -0.05) is 12.1 Å². The lowest BCUT2D eigenvalue weighted by atomic mass is 10.1. The van der Waals surface area contributed by atoms with Crippen molar-refractivity contribution in [2.24, 2.45) is 4.99 Å². The third kappa shape index (κ3) is 3.52. The number of nitrogens with zero attached hydrogens (tertiary/aromatic N) is 2. The first kappa shape index (κ1) is 14.7. The van der Waals surface area contributed by atoms with Gasteiger partial charge in [0.15, 0.2) is 5.17 Å². The van der Waals surface area contributed by atoms with Gasteiger partial charge in [0.1, 0.15) is 0 Å². The molecule has 0 spiro atoms. The molecular formula is C16H18N2OS2. The molecule has 1 saturated heterocycles. The molecule has 0 aliphatic carbocycles. The van der Waals surface area contributed by atoms with Gasteiger partial charge in [-0.3, -0.25) is 4.79 Å². The standard InChI is InChI=1S/C16H18N2OS2/c1-20-13-7-5-12(6-8-13)11-14-15(19)17-16(21-14)18-9-3-2-4-10-18/h5-8,11H,2-4,9-10H2,1H3/b14-11-. The topological polar surface area (TPSA) is 32.7 Å². The van der Waals surface area contributed by atoms with Crippen molar-refractivity contribution in [1.29, 1.82) is 0 Å². The summed E-state index contributed by atoms with van der Waals surface area (Å²) in [5.74, 6) is -0.102. The largest absolute Gasteiger partial charge is 0.351 e. The Morgan fingerprint density at radius 2 is 1.90 bits per heavy atom. The van der Waals surface area contributed by atoms with E-state index in [-0.39, 0.29) is 5.91 Å². The Kier molecular flexibility index (Phi) is 4.70. The van der Waals surface area contributed by atoms with E-state index in [0.717, 1.165) is 28.7 Å². The number of likely N-dealkylation sites (tertiary alicyclic amines) is 1. The first-order chi connectivity index (χ1) is 10.3. The molecule has 3 rings (SSSR count). The molecule has 1 fully saturated rings. The van der Waals surface area contributed by atoms with E-state index in [1.54, 1.807) is 11.8 Å². The Balaban J connectivity index is 1.72. The summed E-state index contributed by atoms with van der Waals surface area (Å²) in [6.07, 6.45) is 7.68. The highest BCUT2D eigenvalue weighted by molar-refractivity contribution is 8.18. The van der Waals surface area contributed by atoms with Crippen LogP contribution >= 0.6 is 23.5 Å². The van der Waals surface area contributed by atoms with Gasteiger partial charge in [-0.25, -0.2) is 0 Å². The van der Waals surface area contributed by atoms with Gasteiger partial charge in [-0.2, -0.15) is 4.99 Å². The van der Waals surface area contributed by atoms with Crippen LogP contribution in [-0.2, 0) is 4.79 Å². The SMILES string of the molecule is CSc1ccc(/C=C2\SC(N3CCCCC3)=NC2=O)cc1. The fourth-order valence-corrected chi connectivity index (χ4v) is 3.84. The minimum Gasteiger partial charge on any atom is -0.351 e. The Bertz CT molecular complexity index is 587. The lowest BCUT2D eigenvalue weighted by Crippen LogP contribution is -2.33. The number of aliphatic imine (C=N–C) groups is 1. The highest BCUT2D eigenvalue weighted by Gasteiger charge is 2.26. The van der Waals surface area contributed by atoms with Crippen LogP contribution in [0.25, 0.3) is 6.08 Å². The number of thioether (sulfide) groups is 2. The molecule has 5 heteroatoms. The van der Waals surface area contributed by atoms with Crippen molar-refractivity contribution in [2.45, 2.75) is 24.2 Å². The van der Waals surface area contributed by atoms with E-state index in [9.17, 15) is 4.79 Å². The number of carbonyl (C=O) groups excluding carboxylic acids is 1. The second-order valence-corrected chi connectivity index (χ2v) is 7.02. The monoisotopic (exact) mass is 318 g/mol. The van der Waals surface area contributed by atoms with Gasteiger partial charge in [-0.05, 0) is 61.1 Å². The zero-order valence-electron chi connectivity index (χ0n) is 12.0. The van der Waals surface area contributed by atoms with Crippen molar-refractivity contribution in [3.63, 3.8) is 0 Å². The molecule has 0 N–H and O–H groups in total. The van der Waals surface area contributed by atoms with Crippen LogP contribution < -0.4 is 0 Å². The molecule has 0 radical (unpaired) electrons. The number of carbonyl (C=O) groups is 1. The number of rotatable bonds is 2. The molecule has 0 saturated carbocycles. The summed E-state index contributed by atoms with van der Waals surface area (Å²) < 4.78 is 0. The van der Waals surface area contributed by atoms with Crippen molar-refractivity contribution in [3.05, 3.63) is 34.7 Å². The van der Waals surface area contributed by atoms with Gasteiger partial charge in [0.25, 0.3) is 5.91 Å². The zero-order chi connectivity index (χ0) is 14.7. The number of hydrogen-bond donors (Lipinski definition) is 0. The normalized spacial score (nSPS) is 21.0. The van der Waals surface area contributed by atoms with Gasteiger partial charge in [0, 0.05) is 18.0 Å². The van der Waals surface area contributed by atoms with Crippen LogP contribution in [0.2, 0.25) is 0 Å². The smallest absolute Gasteiger partial charge is 0.286 e. The third-order valence-electron chi connectivity index (χ3n) is 3.65. The van der Waals surface area contributed by atoms with Gasteiger partial charge >= 0.3 is 0 Å². The Labute approximate surface area is 133 Å². The maximum absolute atomic E-state index is 12.0. The van der Waals surface area contributed by atoms with Crippen molar-refractivity contribution < 1.29 is 4.79 Å². The predicted octanol–water partition coefficient (Wildman–Crippen LogP) is 3.86. The molecular weight excluding hydrogens is 300 g/mol. The first-order valence-corrected chi connectivity index (χ1v) is 9.22. The molecule has 3 nitrogen and oxygen atoms in total. The van der Waals surface area contributed by atoms with Crippen molar-refractivity contribution in [3.8, 4) is 0 Å². The highest BCUT2D eigenvalue weighted by atomic mass is 32.2. The third-order valence-corrected chi connectivity index (χ3v) is 5.44. The van der Waals surface area contributed by atoms with Crippen LogP contribution in [0.3, 0.4) is 0 Å². The molecule has 1 aromatic carbocycles. The van der Waals surface area contributed by atoms with E-state index < -0.39 is 0 Å². The summed E-state index contributed by atoms with van der Waals surface area (Å²) in [5.41, 5.74) is 1.05. The van der Waals surface area contributed by atoms with Crippen molar-refractivity contribution in [2.75, 3.05) is 19.3 Å². The molecule has 0 aromatic heterocycles. The zero-order valence-corrected chi connectivity index (χ0v) is 13.7.